The molecule has 7 heteroatoms. The van der Waals surface area contributed by atoms with Crippen molar-refractivity contribution in [1.82, 2.24) is 25.0 Å². The zero-order valence-corrected chi connectivity index (χ0v) is 10.6. The number of hydrogen-bond donors (Lipinski definition) is 1. The minimum absolute atomic E-state index is 0.103. The van der Waals surface area contributed by atoms with Crippen molar-refractivity contribution in [3.05, 3.63) is 17.6 Å². The average molecular weight is 249 g/mol. The third-order valence-corrected chi connectivity index (χ3v) is 2.48. The first-order chi connectivity index (χ1) is 8.65. The fraction of sp³-hybridized carbons (Fsp3) is 0.455. The molecule has 0 aliphatic rings. The van der Waals surface area contributed by atoms with Crippen LogP contribution in [0.3, 0.4) is 0 Å². The standard InChI is InChI=1S/C11H15N5O2/c1-4-7-6-8(16(3)15-7)9-12-10(14-13-9)11(17)18-5-2/h6H,4-5H2,1-3H3,(H,12,13,14). The number of esters is 1. The molecule has 18 heavy (non-hydrogen) atoms. The van der Waals surface area contributed by atoms with Gasteiger partial charge in [0, 0.05) is 7.05 Å². The Hall–Kier alpha value is -2.18. The number of aromatic amines is 1. The molecule has 0 unspecified atom stereocenters. The van der Waals surface area contributed by atoms with E-state index in [1.165, 1.54) is 0 Å². The van der Waals surface area contributed by atoms with Crippen LogP contribution in [-0.4, -0.2) is 37.5 Å². The van der Waals surface area contributed by atoms with Crippen LogP contribution in [0.5, 0.6) is 0 Å². The first-order valence-electron chi connectivity index (χ1n) is 5.78. The summed E-state index contributed by atoms with van der Waals surface area (Å²) in [7, 11) is 1.81. The Labute approximate surface area is 104 Å². The predicted octanol–water partition coefficient (Wildman–Crippen LogP) is 0.944. The molecule has 0 bridgehead atoms. The second kappa shape index (κ2) is 4.99. The second-order valence-electron chi connectivity index (χ2n) is 3.73. The maximum atomic E-state index is 11.5. The van der Waals surface area contributed by atoms with E-state index in [0.29, 0.717) is 12.4 Å². The Morgan fingerprint density at radius 3 is 2.89 bits per heavy atom. The highest BCUT2D eigenvalue weighted by Crippen LogP contribution is 2.15. The number of ether oxygens (including phenoxy) is 1. The highest BCUT2D eigenvalue weighted by Gasteiger charge is 2.16. The lowest BCUT2D eigenvalue weighted by molar-refractivity contribution is 0.0512. The number of aromatic nitrogens is 5. The van der Waals surface area contributed by atoms with Gasteiger partial charge in [-0.2, -0.15) is 15.2 Å². The first-order valence-corrected chi connectivity index (χ1v) is 5.78. The van der Waals surface area contributed by atoms with Gasteiger partial charge in [0.05, 0.1) is 12.3 Å². The number of aryl methyl sites for hydroxylation is 2. The molecule has 2 heterocycles. The highest BCUT2D eigenvalue weighted by molar-refractivity contribution is 5.85. The predicted molar refractivity (Wildman–Crippen MR) is 63.9 cm³/mol. The van der Waals surface area contributed by atoms with Gasteiger partial charge in [0.2, 0.25) is 5.82 Å². The number of carbonyl (C=O) groups excluding carboxylic acids is 1. The molecule has 0 atom stereocenters. The van der Waals surface area contributed by atoms with Crippen molar-refractivity contribution >= 4 is 5.97 Å². The average Bonchev–Trinajstić information content (AvgIpc) is 2.95. The lowest BCUT2D eigenvalue weighted by atomic mass is 10.3. The van der Waals surface area contributed by atoms with Crippen molar-refractivity contribution in [2.75, 3.05) is 6.61 Å². The van der Waals surface area contributed by atoms with E-state index in [2.05, 4.69) is 20.3 Å². The fourth-order valence-electron chi connectivity index (χ4n) is 1.58. The van der Waals surface area contributed by atoms with Crippen LogP contribution in [0.25, 0.3) is 11.5 Å². The third-order valence-electron chi connectivity index (χ3n) is 2.48. The van der Waals surface area contributed by atoms with E-state index in [4.69, 9.17) is 4.74 Å². The van der Waals surface area contributed by atoms with Gasteiger partial charge in [-0.3, -0.25) is 9.78 Å². The largest absolute Gasteiger partial charge is 0.460 e. The lowest BCUT2D eigenvalue weighted by Gasteiger charge is -1.95. The van der Waals surface area contributed by atoms with E-state index in [9.17, 15) is 4.79 Å². The summed E-state index contributed by atoms with van der Waals surface area (Å²) in [6.45, 7) is 4.07. The van der Waals surface area contributed by atoms with Gasteiger partial charge in [-0.05, 0) is 19.4 Å². The van der Waals surface area contributed by atoms with Crippen LogP contribution in [0.4, 0.5) is 0 Å². The van der Waals surface area contributed by atoms with Gasteiger partial charge in [-0.15, -0.1) is 0 Å². The minimum atomic E-state index is -0.505. The summed E-state index contributed by atoms with van der Waals surface area (Å²) in [4.78, 5) is 15.6. The lowest BCUT2D eigenvalue weighted by Crippen LogP contribution is -2.06. The summed E-state index contributed by atoms with van der Waals surface area (Å²) in [5, 5.41) is 10.9. The molecule has 0 fully saturated rings. The molecule has 7 nitrogen and oxygen atoms in total. The van der Waals surface area contributed by atoms with E-state index in [0.717, 1.165) is 17.8 Å². The van der Waals surface area contributed by atoms with Crippen molar-refractivity contribution < 1.29 is 9.53 Å². The summed E-state index contributed by atoms with van der Waals surface area (Å²) in [5.41, 5.74) is 1.72. The van der Waals surface area contributed by atoms with E-state index in [-0.39, 0.29) is 5.82 Å². The Morgan fingerprint density at radius 1 is 1.50 bits per heavy atom. The zero-order valence-electron chi connectivity index (χ0n) is 10.6. The van der Waals surface area contributed by atoms with Gasteiger partial charge in [0.25, 0.3) is 0 Å². The number of nitrogens with zero attached hydrogens (tertiary/aromatic N) is 4. The SMILES string of the molecule is CCOC(=O)c1nc(-c2cc(CC)nn2C)n[nH]1. The van der Waals surface area contributed by atoms with Crippen molar-refractivity contribution in [3.8, 4) is 11.5 Å². The molecule has 2 aromatic rings. The number of hydrogen-bond acceptors (Lipinski definition) is 5. The smallest absolute Gasteiger partial charge is 0.375 e. The molecule has 0 aromatic carbocycles. The summed E-state index contributed by atoms with van der Waals surface area (Å²) >= 11 is 0. The zero-order chi connectivity index (χ0) is 13.1. The number of carbonyl (C=O) groups is 1. The van der Waals surface area contributed by atoms with Crippen LogP contribution in [0.1, 0.15) is 30.2 Å². The van der Waals surface area contributed by atoms with Crippen LogP contribution in [0.15, 0.2) is 6.07 Å². The van der Waals surface area contributed by atoms with Gasteiger partial charge in [-0.1, -0.05) is 6.92 Å². The van der Waals surface area contributed by atoms with Crippen LogP contribution in [0, 0.1) is 0 Å². The van der Waals surface area contributed by atoms with Crippen molar-refractivity contribution in [3.63, 3.8) is 0 Å². The molecule has 0 amide bonds. The number of rotatable bonds is 4. The Morgan fingerprint density at radius 2 is 2.28 bits per heavy atom. The quantitative estimate of drug-likeness (QED) is 0.815. The molecule has 0 aliphatic carbocycles. The summed E-state index contributed by atoms with van der Waals surface area (Å²) in [6, 6.07) is 1.90. The van der Waals surface area contributed by atoms with Crippen LogP contribution in [0.2, 0.25) is 0 Å². The molecule has 0 spiro atoms. The maximum Gasteiger partial charge on any atom is 0.375 e. The topological polar surface area (TPSA) is 85.7 Å². The Bertz CT molecular complexity index is 558. The molecule has 1 N–H and O–H groups in total. The summed E-state index contributed by atoms with van der Waals surface area (Å²) in [5.74, 6) is 0.0352. The van der Waals surface area contributed by atoms with Crippen molar-refractivity contribution in [1.29, 1.82) is 0 Å². The van der Waals surface area contributed by atoms with E-state index in [1.807, 2.05) is 20.0 Å². The number of H-pyrrole nitrogens is 1. The molecule has 0 saturated heterocycles. The van der Waals surface area contributed by atoms with Gasteiger partial charge in [-0.25, -0.2) is 4.79 Å². The normalized spacial score (nSPS) is 10.6. The van der Waals surface area contributed by atoms with Gasteiger partial charge < -0.3 is 4.74 Å². The molecule has 0 saturated carbocycles. The van der Waals surface area contributed by atoms with Gasteiger partial charge >= 0.3 is 5.97 Å². The van der Waals surface area contributed by atoms with Crippen LogP contribution < -0.4 is 0 Å². The summed E-state index contributed by atoms with van der Waals surface area (Å²) in [6.07, 6.45) is 0.836. The molecule has 0 radical (unpaired) electrons. The van der Waals surface area contributed by atoms with Gasteiger partial charge in [0.15, 0.2) is 5.82 Å². The third kappa shape index (κ3) is 2.24. The van der Waals surface area contributed by atoms with Crippen molar-refractivity contribution in [2.24, 2.45) is 7.05 Å². The molecule has 0 aliphatic heterocycles. The second-order valence-corrected chi connectivity index (χ2v) is 3.73. The van der Waals surface area contributed by atoms with E-state index in [1.54, 1.807) is 11.6 Å². The minimum Gasteiger partial charge on any atom is -0.460 e. The van der Waals surface area contributed by atoms with E-state index >= 15 is 0 Å². The van der Waals surface area contributed by atoms with E-state index < -0.39 is 5.97 Å². The van der Waals surface area contributed by atoms with Gasteiger partial charge in [0.1, 0.15) is 5.69 Å². The number of nitrogens with one attached hydrogen (secondary N) is 1. The molecule has 2 aromatic heterocycles. The summed E-state index contributed by atoms with van der Waals surface area (Å²) < 4.78 is 6.53. The molecule has 2 rings (SSSR count). The highest BCUT2D eigenvalue weighted by atomic mass is 16.5. The Balaban J connectivity index is 2.28. The first kappa shape index (κ1) is 12.3. The monoisotopic (exact) mass is 249 g/mol. The molecular weight excluding hydrogens is 234 g/mol. The molecule has 96 valence electrons. The molecular formula is C11H15N5O2. The Kier molecular flexibility index (Phi) is 3.40. The van der Waals surface area contributed by atoms with Crippen molar-refractivity contribution in [2.45, 2.75) is 20.3 Å². The van der Waals surface area contributed by atoms with Crippen LogP contribution >= 0.6 is 0 Å². The fourth-order valence-corrected chi connectivity index (χ4v) is 1.58. The van der Waals surface area contributed by atoms with Crippen LogP contribution in [-0.2, 0) is 18.2 Å². The maximum absolute atomic E-state index is 11.5.